The van der Waals surface area contributed by atoms with Crippen LogP contribution < -0.4 is 4.74 Å². The number of pyridine rings is 1. The van der Waals surface area contributed by atoms with Crippen molar-refractivity contribution in [3.63, 3.8) is 0 Å². The molecule has 2 heterocycles. The van der Waals surface area contributed by atoms with Gasteiger partial charge in [0.25, 0.3) is 0 Å². The maximum absolute atomic E-state index is 12.9. The Hall–Kier alpha value is -2.57. The van der Waals surface area contributed by atoms with E-state index in [-0.39, 0.29) is 11.4 Å². The predicted molar refractivity (Wildman–Crippen MR) is 63.5 cm³/mol. The lowest BCUT2D eigenvalue weighted by Gasteiger charge is -2.11. The topological polar surface area (TPSA) is 85.2 Å². The second-order valence-corrected chi connectivity index (χ2v) is 3.71. The van der Waals surface area contributed by atoms with Crippen molar-refractivity contribution in [3.8, 4) is 17.0 Å². The molecule has 0 unspecified atom stereocenters. The number of aromatic carboxylic acids is 1. The number of carbonyl (C=O) groups is 1. The highest BCUT2D eigenvalue weighted by Gasteiger charge is 2.22. The van der Waals surface area contributed by atoms with Gasteiger partial charge in [-0.25, -0.2) is 9.18 Å². The van der Waals surface area contributed by atoms with Crippen LogP contribution in [0.3, 0.4) is 0 Å². The van der Waals surface area contributed by atoms with E-state index in [2.05, 4.69) is 15.2 Å². The number of ether oxygens (including phenoxy) is 1. The van der Waals surface area contributed by atoms with Crippen molar-refractivity contribution in [3.05, 3.63) is 35.5 Å². The fraction of sp³-hybridized carbons (Fsp3) is 0.167. The molecule has 0 atom stereocenters. The Kier molecular flexibility index (Phi) is 3.37. The van der Waals surface area contributed by atoms with Gasteiger partial charge in [0.2, 0.25) is 5.69 Å². The van der Waals surface area contributed by atoms with Gasteiger partial charge in [-0.15, -0.1) is 5.10 Å². The van der Waals surface area contributed by atoms with Gasteiger partial charge < -0.3 is 9.84 Å². The lowest BCUT2D eigenvalue weighted by molar-refractivity contribution is 0.0685. The Morgan fingerprint density at radius 1 is 1.37 bits per heavy atom. The number of halogens is 1. The molecule has 0 aromatic carbocycles. The number of carboxylic acids is 1. The Morgan fingerprint density at radius 2 is 2.11 bits per heavy atom. The SMILES string of the molecule is COc1c(C(=O)O)nnc(C)c1-c1ccc(F)cn1. The number of aromatic nitrogens is 3. The molecule has 0 aliphatic rings. The van der Waals surface area contributed by atoms with Crippen LogP contribution in [0.5, 0.6) is 5.75 Å². The molecule has 0 saturated carbocycles. The molecule has 0 saturated heterocycles. The fourth-order valence-corrected chi connectivity index (χ4v) is 1.67. The van der Waals surface area contributed by atoms with Gasteiger partial charge in [0.15, 0.2) is 5.75 Å². The summed E-state index contributed by atoms with van der Waals surface area (Å²) in [6.45, 7) is 1.64. The number of methoxy groups -OCH3 is 1. The smallest absolute Gasteiger partial charge is 0.360 e. The molecule has 0 aliphatic heterocycles. The third-order valence-corrected chi connectivity index (χ3v) is 2.49. The first-order valence-electron chi connectivity index (χ1n) is 5.31. The van der Waals surface area contributed by atoms with Crippen LogP contribution in [0.2, 0.25) is 0 Å². The van der Waals surface area contributed by atoms with E-state index in [4.69, 9.17) is 9.84 Å². The highest BCUT2D eigenvalue weighted by Crippen LogP contribution is 2.32. The lowest BCUT2D eigenvalue weighted by atomic mass is 10.1. The molecule has 0 radical (unpaired) electrons. The molecule has 2 rings (SSSR count). The van der Waals surface area contributed by atoms with Gasteiger partial charge in [-0.3, -0.25) is 4.98 Å². The Bertz CT molecular complexity index is 629. The molecule has 0 amide bonds. The molecule has 0 spiro atoms. The van der Waals surface area contributed by atoms with Gasteiger partial charge >= 0.3 is 5.97 Å². The van der Waals surface area contributed by atoms with Gasteiger partial charge in [0, 0.05) is 0 Å². The fourth-order valence-electron chi connectivity index (χ4n) is 1.67. The van der Waals surface area contributed by atoms with E-state index >= 15 is 0 Å². The normalized spacial score (nSPS) is 10.3. The first-order valence-corrected chi connectivity index (χ1v) is 5.31. The summed E-state index contributed by atoms with van der Waals surface area (Å²) in [5, 5.41) is 16.4. The number of hydrogen-bond acceptors (Lipinski definition) is 5. The van der Waals surface area contributed by atoms with Crippen LogP contribution in [0, 0.1) is 12.7 Å². The summed E-state index contributed by atoms with van der Waals surface area (Å²) in [6.07, 6.45) is 1.04. The average molecular weight is 263 g/mol. The number of carboxylic acid groups (broad SMARTS) is 1. The van der Waals surface area contributed by atoms with E-state index in [0.29, 0.717) is 17.0 Å². The molecule has 0 aliphatic carbocycles. The number of rotatable bonds is 3. The molecule has 0 fully saturated rings. The first-order chi connectivity index (χ1) is 9.04. The zero-order valence-corrected chi connectivity index (χ0v) is 10.2. The molecular weight excluding hydrogens is 253 g/mol. The van der Waals surface area contributed by atoms with Crippen molar-refractivity contribution in [2.24, 2.45) is 0 Å². The van der Waals surface area contributed by atoms with E-state index < -0.39 is 11.8 Å². The van der Waals surface area contributed by atoms with Gasteiger partial charge in [-0.1, -0.05) is 0 Å². The highest BCUT2D eigenvalue weighted by atomic mass is 19.1. The van der Waals surface area contributed by atoms with Crippen LogP contribution in [0.4, 0.5) is 4.39 Å². The lowest BCUT2D eigenvalue weighted by Crippen LogP contribution is -2.09. The molecule has 2 aromatic heterocycles. The molecule has 19 heavy (non-hydrogen) atoms. The van der Waals surface area contributed by atoms with Crippen LogP contribution in [0.25, 0.3) is 11.3 Å². The van der Waals surface area contributed by atoms with Crippen molar-refractivity contribution in [2.75, 3.05) is 7.11 Å². The van der Waals surface area contributed by atoms with Crippen molar-refractivity contribution in [1.82, 2.24) is 15.2 Å². The minimum atomic E-state index is -1.26. The van der Waals surface area contributed by atoms with Gasteiger partial charge in [-0.2, -0.15) is 5.10 Å². The molecule has 2 aromatic rings. The summed E-state index contributed by atoms with van der Waals surface area (Å²) in [5.74, 6) is -1.69. The minimum absolute atomic E-state index is 0.0547. The summed E-state index contributed by atoms with van der Waals surface area (Å²) in [7, 11) is 1.33. The van der Waals surface area contributed by atoms with Crippen LogP contribution in [0.1, 0.15) is 16.2 Å². The third-order valence-electron chi connectivity index (χ3n) is 2.49. The monoisotopic (exact) mass is 263 g/mol. The molecule has 6 nitrogen and oxygen atoms in total. The average Bonchev–Trinajstić information content (AvgIpc) is 2.39. The quantitative estimate of drug-likeness (QED) is 0.907. The highest BCUT2D eigenvalue weighted by molar-refractivity contribution is 5.91. The maximum Gasteiger partial charge on any atom is 0.360 e. The second-order valence-electron chi connectivity index (χ2n) is 3.71. The summed E-state index contributed by atoms with van der Waals surface area (Å²) >= 11 is 0. The molecule has 98 valence electrons. The van der Waals surface area contributed by atoms with Crippen LogP contribution in [-0.2, 0) is 0 Å². The Balaban J connectivity index is 2.70. The van der Waals surface area contributed by atoms with Gasteiger partial charge in [0.05, 0.1) is 30.3 Å². The Morgan fingerprint density at radius 3 is 2.63 bits per heavy atom. The Labute approximate surface area is 107 Å². The molecule has 0 bridgehead atoms. The standard InChI is InChI=1S/C12H10FN3O3/c1-6-9(8-4-3-7(13)5-14-8)11(19-2)10(12(17)18)16-15-6/h3-5H,1-2H3,(H,17,18). The summed E-state index contributed by atoms with van der Waals surface area (Å²) in [4.78, 5) is 15.0. The zero-order valence-electron chi connectivity index (χ0n) is 10.2. The van der Waals surface area contributed by atoms with Crippen molar-refractivity contribution in [2.45, 2.75) is 6.92 Å². The van der Waals surface area contributed by atoms with Crippen LogP contribution in [0.15, 0.2) is 18.3 Å². The minimum Gasteiger partial charge on any atom is -0.493 e. The van der Waals surface area contributed by atoms with E-state index in [1.165, 1.54) is 19.2 Å². The predicted octanol–water partition coefficient (Wildman–Crippen LogP) is 1.69. The third kappa shape index (κ3) is 2.35. The largest absolute Gasteiger partial charge is 0.493 e. The van der Waals surface area contributed by atoms with E-state index in [0.717, 1.165) is 6.20 Å². The second kappa shape index (κ2) is 4.97. The molecule has 7 heteroatoms. The van der Waals surface area contributed by atoms with E-state index in [1.807, 2.05) is 0 Å². The number of hydrogen-bond donors (Lipinski definition) is 1. The van der Waals surface area contributed by atoms with Crippen molar-refractivity contribution < 1.29 is 19.0 Å². The van der Waals surface area contributed by atoms with Gasteiger partial charge in [0.1, 0.15) is 5.82 Å². The summed E-state index contributed by atoms with van der Waals surface area (Å²) < 4.78 is 18.0. The van der Waals surface area contributed by atoms with Crippen LogP contribution in [-0.4, -0.2) is 33.4 Å². The summed E-state index contributed by atoms with van der Waals surface area (Å²) in [6, 6.07) is 2.65. The van der Waals surface area contributed by atoms with Crippen molar-refractivity contribution >= 4 is 5.97 Å². The van der Waals surface area contributed by atoms with Gasteiger partial charge in [-0.05, 0) is 19.1 Å². The van der Waals surface area contributed by atoms with Crippen LogP contribution >= 0.6 is 0 Å². The van der Waals surface area contributed by atoms with E-state index in [1.54, 1.807) is 6.92 Å². The first kappa shape index (κ1) is 12.9. The maximum atomic E-state index is 12.9. The summed E-state index contributed by atoms with van der Waals surface area (Å²) in [5.41, 5.74) is 0.887. The number of nitrogens with zero attached hydrogens (tertiary/aromatic N) is 3. The zero-order chi connectivity index (χ0) is 14.0. The number of aryl methyl sites for hydroxylation is 1. The molecular formula is C12H10FN3O3. The molecule has 1 N–H and O–H groups in total. The van der Waals surface area contributed by atoms with Crippen molar-refractivity contribution in [1.29, 1.82) is 0 Å². The van der Waals surface area contributed by atoms with E-state index in [9.17, 15) is 9.18 Å².